The largest absolute Gasteiger partial charge is 0.760 e. The zero-order chi connectivity index (χ0) is 27.5. The van der Waals surface area contributed by atoms with E-state index < -0.39 is 23.3 Å². The number of fused-ring (bicyclic) bond motifs is 1. The Bertz CT molecular complexity index is 1520. The van der Waals surface area contributed by atoms with Gasteiger partial charge in [-0.2, -0.15) is 0 Å². The number of nitrogens with zero attached hydrogens (tertiary/aromatic N) is 5. The Morgan fingerprint density at radius 2 is 1.92 bits per heavy atom. The molecule has 3 heterocycles. The van der Waals surface area contributed by atoms with E-state index >= 15 is 4.39 Å². The van der Waals surface area contributed by atoms with E-state index in [0.717, 1.165) is 10.9 Å². The first kappa shape index (κ1) is 26.9. The number of aromatic nitrogens is 4. The zero-order valence-electron chi connectivity index (χ0n) is 21.1. The van der Waals surface area contributed by atoms with Gasteiger partial charge in [0.15, 0.2) is 5.82 Å². The Balaban J connectivity index is 1.60. The average Bonchev–Trinajstić information content (AvgIpc) is 2.93. The molecule has 10 nitrogen and oxygen atoms in total. The van der Waals surface area contributed by atoms with Gasteiger partial charge in [0.1, 0.15) is 17.8 Å². The Kier molecular flexibility index (Phi) is 8.02. The van der Waals surface area contributed by atoms with Crippen LogP contribution in [0.1, 0.15) is 23.7 Å². The highest BCUT2D eigenvalue weighted by atomic mass is 32.2. The third-order valence-electron chi connectivity index (χ3n) is 6.51. The second-order valence-electron chi connectivity index (χ2n) is 9.08. The minimum Gasteiger partial charge on any atom is -0.760 e. The topological polar surface area (TPSA) is 142 Å². The van der Waals surface area contributed by atoms with Gasteiger partial charge in [0, 0.05) is 59.8 Å². The molecule has 0 bridgehead atoms. The predicted molar refractivity (Wildman–Crippen MR) is 144 cm³/mol. The summed E-state index contributed by atoms with van der Waals surface area (Å²) >= 11 is -2.51. The number of halogens is 2. The van der Waals surface area contributed by atoms with Gasteiger partial charge in [-0.05, 0) is 36.6 Å². The number of nitrogens with one attached hydrogen (secondary N) is 1. The monoisotopic (exact) mass is 554 g/mol. The van der Waals surface area contributed by atoms with Crippen LogP contribution in [0.25, 0.3) is 33.4 Å². The zero-order valence-corrected chi connectivity index (χ0v) is 21.9. The van der Waals surface area contributed by atoms with Gasteiger partial charge < -0.3 is 19.9 Å². The molecule has 0 saturated carbocycles. The van der Waals surface area contributed by atoms with E-state index in [4.69, 9.17) is 20.4 Å². The number of alkyl halides is 1. The van der Waals surface area contributed by atoms with Crippen LogP contribution in [0.2, 0.25) is 0 Å². The molecule has 0 spiro atoms. The number of rotatable bonds is 8. The molecule has 2 unspecified atom stereocenters. The van der Waals surface area contributed by atoms with Crippen LogP contribution >= 0.6 is 0 Å². The number of nitrogens with two attached hydrogens (primary N) is 1. The van der Waals surface area contributed by atoms with Crippen LogP contribution in [0.5, 0.6) is 0 Å². The number of hydrogen-bond acceptors (Lipinski definition) is 9. The van der Waals surface area contributed by atoms with Crippen LogP contribution in [-0.4, -0.2) is 61.5 Å². The molecule has 4 aromatic rings. The average molecular weight is 555 g/mol. The maximum atomic E-state index is 15.6. The molecular formula is C26H26F2N7O3S-. The fourth-order valence-electron chi connectivity index (χ4n) is 4.58. The number of aryl methyl sites for hydroxylation is 1. The van der Waals surface area contributed by atoms with E-state index in [2.05, 4.69) is 19.6 Å². The van der Waals surface area contributed by atoms with E-state index in [1.165, 1.54) is 6.07 Å². The van der Waals surface area contributed by atoms with Gasteiger partial charge in [0.05, 0.1) is 24.3 Å². The first-order chi connectivity index (χ1) is 18.8. The Labute approximate surface area is 226 Å². The van der Waals surface area contributed by atoms with Gasteiger partial charge in [-0.1, -0.05) is 18.2 Å². The van der Waals surface area contributed by atoms with Crippen LogP contribution in [0.3, 0.4) is 0 Å². The molecule has 3 N–H and O–H groups in total. The molecule has 2 aromatic carbocycles. The van der Waals surface area contributed by atoms with E-state index in [9.17, 15) is 13.2 Å². The van der Waals surface area contributed by atoms with Gasteiger partial charge in [0.25, 0.3) is 0 Å². The molecular weight excluding hydrogens is 528 g/mol. The molecule has 2 atom stereocenters. The summed E-state index contributed by atoms with van der Waals surface area (Å²) in [6, 6.07) is 8.16. The summed E-state index contributed by atoms with van der Waals surface area (Å²) in [6.07, 6.45) is 1.25. The van der Waals surface area contributed by atoms with Crippen molar-refractivity contribution in [1.82, 2.24) is 24.7 Å². The van der Waals surface area contributed by atoms with Crippen LogP contribution in [0.15, 0.2) is 42.7 Å². The number of hydrogen-bond donors (Lipinski definition) is 2. The summed E-state index contributed by atoms with van der Waals surface area (Å²) < 4.78 is 59.5. The molecule has 39 heavy (non-hydrogen) atoms. The van der Waals surface area contributed by atoms with Crippen molar-refractivity contribution in [2.24, 2.45) is 0 Å². The maximum Gasteiger partial charge on any atom is 0.219 e. The van der Waals surface area contributed by atoms with Crippen molar-refractivity contribution in [3.63, 3.8) is 0 Å². The first-order valence-electron chi connectivity index (χ1n) is 12.3. The summed E-state index contributed by atoms with van der Waals surface area (Å²) in [7, 11) is 0. The number of anilines is 2. The van der Waals surface area contributed by atoms with Crippen LogP contribution in [0, 0.1) is 12.7 Å². The van der Waals surface area contributed by atoms with Crippen molar-refractivity contribution in [2.75, 3.05) is 43.5 Å². The smallest absolute Gasteiger partial charge is 0.219 e. The minimum atomic E-state index is -2.51. The van der Waals surface area contributed by atoms with E-state index in [-0.39, 0.29) is 30.0 Å². The Morgan fingerprint density at radius 1 is 1.18 bits per heavy atom. The summed E-state index contributed by atoms with van der Waals surface area (Å²) in [4.78, 5) is 19.8. The molecule has 1 aliphatic heterocycles. The van der Waals surface area contributed by atoms with E-state index in [1.807, 2.05) is 13.0 Å². The Hall–Kier alpha value is -3.65. The Morgan fingerprint density at radius 3 is 2.64 bits per heavy atom. The molecule has 2 aromatic heterocycles. The quantitative estimate of drug-likeness (QED) is 0.313. The fourth-order valence-corrected chi connectivity index (χ4v) is 4.87. The van der Waals surface area contributed by atoms with E-state index in [1.54, 1.807) is 30.6 Å². The summed E-state index contributed by atoms with van der Waals surface area (Å²) in [5, 5.41) is 0.718. The van der Waals surface area contributed by atoms with Crippen molar-refractivity contribution in [2.45, 2.75) is 19.5 Å². The van der Waals surface area contributed by atoms with Crippen LogP contribution < -0.4 is 15.4 Å². The lowest BCUT2D eigenvalue weighted by Gasteiger charge is -2.29. The van der Waals surface area contributed by atoms with Gasteiger partial charge in [0.2, 0.25) is 5.95 Å². The lowest BCUT2D eigenvalue weighted by molar-refractivity contribution is 0.122. The number of ether oxygens (including phenoxy) is 1. The maximum absolute atomic E-state index is 15.6. The van der Waals surface area contributed by atoms with Crippen LogP contribution in [-0.2, 0) is 16.0 Å². The van der Waals surface area contributed by atoms with Gasteiger partial charge in [-0.25, -0.2) is 33.4 Å². The number of benzene rings is 2. The molecule has 1 saturated heterocycles. The second kappa shape index (κ2) is 11.6. The van der Waals surface area contributed by atoms with Crippen LogP contribution in [0.4, 0.5) is 20.5 Å². The minimum absolute atomic E-state index is 0.132. The third kappa shape index (κ3) is 5.86. The number of morpholine rings is 1. The third-order valence-corrected chi connectivity index (χ3v) is 6.95. The SMILES string of the molecule is Cc1cc(-c2cccc(C(F)CCNS(=O)[O-])c2F)cc2c(N3CCOCC3)nc(-c3cnc(N)nc3)nc12. The highest BCUT2D eigenvalue weighted by Crippen LogP contribution is 2.36. The fraction of sp³-hybridized carbons (Fsp3) is 0.308. The molecule has 5 rings (SSSR count). The second-order valence-corrected chi connectivity index (χ2v) is 9.84. The normalized spacial score (nSPS) is 15.4. The highest BCUT2D eigenvalue weighted by Gasteiger charge is 2.22. The molecule has 0 aliphatic carbocycles. The molecule has 13 heteroatoms. The molecule has 1 aliphatic rings. The molecule has 1 fully saturated rings. The summed E-state index contributed by atoms with van der Waals surface area (Å²) in [5.74, 6) is 0.541. The van der Waals surface area contributed by atoms with Gasteiger partial charge in [-0.15, -0.1) is 0 Å². The van der Waals surface area contributed by atoms with Crippen molar-refractivity contribution < 1.29 is 22.3 Å². The molecule has 204 valence electrons. The highest BCUT2D eigenvalue weighted by molar-refractivity contribution is 7.77. The lowest BCUT2D eigenvalue weighted by atomic mass is 9.96. The van der Waals surface area contributed by atoms with Crippen molar-refractivity contribution in [3.05, 3.63) is 59.7 Å². The number of nitrogen functional groups attached to an aromatic ring is 1. The van der Waals surface area contributed by atoms with Crippen molar-refractivity contribution in [1.29, 1.82) is 0 Å². The van der Waals surface area contributed by atoms with Crippen molar-refractivity contribution in [3.8, 4) is 22.5 Å². The molecule has 0 amide bonds. The van der Waals surface area contributed by atoms with Gasteiger partial charge in [-0.3, -0.25) is 4.21 Å². The summed E-state index contributed by atoms with van der Waals surface area (Å²) in [6.45, 7) is 4.03. The van der Waals surface area contributed by atoms with Gasteiger partial charge >= 0.3 is 0 Å². The molecule has 0 radical (unpaired) electrons. The van der Waals surface area contributed by atoms with E-state index in [0.29, 0.717) is 54.6 Å². The summed E-state index contributed by atoms with van der Waals surface area (Å²) in [5.41, 5.74) is 8.35. The standard InChI is InChI=1S/C26H27F2N7O3S/c1-15-11-16(18-3-2-4-19(22(18)28)21(27)5-6-32-39(36)37)12-20-23(15)33-24(17-13-30-26(29)31-14-17)34-25(20)35-7-9-38-10-8-35/h2-4,11-14,21,32H,5-10H2,1H3,(H,36,37)(H2,29,30,31)/p-1. The van der Waals surface area contributed by atoms with Crippen molar-refractivity contribution >= 4 is 33.9 Å². The lowest BCUT2D eigenvalue weighted by Crippen LogP contribution is -2.37. The predicted octanol–water partition coefficient (Wildman–Crippen LogP) is 3.40. The first-order valence-corrected chi connectivity index (χ1v) is 13.4.